The number of aliphatic carboxylic acids is 1. The van der Waals surface area contributed by atoms with E-state index in [0.29, 0.717) is 13.0 Å². The van der Waals surface area contributed by atoms with Crippen LogP contribution in [0.4, 0.5) is 0 Å². The van der Waals surface area contributed by atoms with Gasteiger partial charge in [0.25, 0.3) is 0 Å². The van der Waals surface area contributed by atoms with E-state index < -0.39 is 5.97 Å². The summed E-state index contributed by atoms with van der Waals surface area (Å²) in [5, 5.41) is 10.1. The van der Waals surface area contributed by atoms with Crippen molar-refractivity contribution in [1.29, 1.82) is 0 Å². The average Bonchev–Trinajstić information content (AvgIpc) is 1.84. The number of carboxylic acid groups (broad SMARTS) is 1. The maximum absolute atomic E-state index is 10.1. The molecule has 0 saturated heterocycles. The lowest BCUT2D eigenvalue weighted by atomic mass is 10.1. The standard InChI is InChI=1S/C6H14N4O2/c7-4(3-5(11)12)1-2-10-6(8)9/h4H,1-3,7H2,(H,11,12)(H4,8,9,10)/p+1/t4-/m0/s1. The lowest BCUT2D eigenvalue weighted by Crippen LogP contribution is -2.79. The third-order valence-electron chi connectivity index (χ3n) is 1.34. The van der Waals surface area contributed by atoms with E-state index >= 15 is 0 Å². The topological polar surface area (TPSA) is 134 Å². The minimum Gasteiger partial charge on any atom is -0.550 e. The van der Waals surface area contributed by atoms with Gasteiger partial charge in [-0.1, -0.05) is 0 Å². The fraction of sp³-hybridized carbons (Fsp3) is 0.667. The number of guanidine groups is 1. The Hall–Kier alpha value is -1.30. The molecule has 0 aliphatic carbocycles. The van der Waals surface area contributed by atoms with Crippen molar-refractivity contribution in [3.63, 3.8) is 0 Å². The number of rotatable bonds is 5. The molecule has 0 bridgehead atoms. The molecule has 0 amide bonds. The highest BCUT2D eigenvalue weighted by Gasteiger charge is 2.05. The van der Waals surface area contributed by atoms with Crippen molar-refractivity contribution >= 4 is 11.9 Å². The van der Waals surface area contributed by atoms with Crippen LogP contribution in [0.3, 0.4) is 0 Å². The molecule has 0 aromatic carbocycles. The number of nitrogens with one attached hydrogen (secondary N) is 1. The highest BCUT2D eigenvalue weighted by Crippen LogP contribution is 1.86. The Morgan fingerprint density at radius 1 is 1.58 bits per heavy atom. The average molecular weight is 175 g/mol. The first-order valence-corrected chi connectivity index (χ1v) is 3.67. The Bertz CT molecular complexity index is 176. The van der Waals surface area contributed by atoms with Gasteiger partial charge < -0.3 is 15.6 Å². The molecule has 12 heavy (non-hydrogen) atoms. The van der Waals surface area contributed by atoms with E-state index in [9.17, 15) is 9.90 Å². The van der Waals surface area contributed by atoms with Gasteiger partial charge in [-0.3, -0.25) is 16.5 Å². The van der Waals surface area contributed by atoms with Crippen LogP contribution in [0.15, 0.2) is 0 Å². The lowest BCUT2D eigenvalue weighted by molar-refractivity contribution is -0.483. The zero-order valence-electron chi connectivity index (χ0n) is 6.88. The number of carbonyl (C=O) groups is 1. The van der Waals surface area contributed by atoms with E-state index in [2.05, 4.69) is 10.7 Å². The Balaban J connectivity index is 3.50. The van der Waals surface area contributed by atoms with Crippen LogP contribution >= 0.6 is 0 Å². The second-order valence-corrected chi connectivity index (χ2v) is 2.61. The minimum absolute atomic E-state index is 0.0356. The fourth-order valence-corrected chi connectivity index (χ4v) is 0.758. The van der Waals surface area contributed by atoms with E-state index in [-0.39, 0.29) is 18.4 Å². The van der Waals surface area contributed by atoms with Crippen molar-refractivity contribution in [2.75, 3.05) is 6.54 Å². The van der Waals surface area contributed by atoms with E-state index in [1.54, 1.807) is 0 Å². The summed E-state index contributed by atoms with van der Waals surface area (Å²) in [5.74, 6) is -0.949. The third kappa shape index (κ3) is 6.81. The van der Waals surface area contributed by atoms with Crippen molar-refractivity contribution in [1.82, 2.24) is 0 Å². The predicted molar refractivity (Wildman–Crippen MR) is 40.1 cm³/mol. The summed E-state index contributed by atoms with van der Waals surface area (Å²) in [6, 6.07) is -0.165. The van der Waals surface area contributed by atoms with Gasteiger partial charge in [0.05, 0.1) is 12.6 Å². The Labute approximate surface area is 70.4 Å². The molecule has 0 aliphatic rings. The number of nitrogens with two attached hydrogens (primary N) is 2. The van der Waals surface area contributed by atoms with Crippen molar-refractivity contribution in [3.05, 3.63) is 0 Å². The zero-order chi connectivity index (χ0) is 9.56. The first-order chi connectivity index (χ1) is 5.52. The maximum atomic E-state index is 10.1. The Morgan fingerprint density at radius 2 is 2.17 bits per heavy atom. The third-order valence-corrected chi connectivity index (χ3v) is 1.34. The van der Waals surface area contributed by atoms with Crippen LogP contribution in [0.1, 0.15) is 12.8 Å². The molecular formula is C6H15N4O2+. The quantitative estimate of drug-likeness (QED) is 0.245. The summed E-state index contributed by atoms with van der Waals surface area (Å²) in [6.07, 6.45) is 0.567. The fourth-order valence-electron chi connectivity index (χ4n) is 0.758. The molecule has 0 heterocycles. The number of hydrogen-bond donors (Lipinski definition) is 4. The van der Waals surface area contributed by atoms with Crippen LogP contribution in [-0.4, -0.2) is 24.5 Å². The Morgan fingerprint density at radius 3 is 2.58 bits per heavy atom. The van der Waals surface area contributed by atoms with Crippen LogP contribution in [0.2, 0.25) is 0 Å². The number of hydrogen-bond acceptors (Lipinski definition) is 2. The predicted octanol–water partition coefficient (Wildman–Crippen LogP) is -5.52. The first-order valence-electron chi connectivity index (χ1n) is 3.67. The van der Waals surface area contributed by atoms with E-state index in [4.69, 9.17) is 11.5 Å². The molecule has 70 valence electrons. The highest BCUT2D eigenvalue weighted by atomic mass is 16.4. The number of quaternary nitrogens is 1. The van der Waals surface area contributed by atoms with Crippen molar-refractivity contribution in [2.45, 2.75) is 18.9 Å². The summed E-state index contributed by atoms with van der Waals surface area (Å²) < 4.78 is 0. The van der Waals surface area contributed by atoms with Gasteiger partial charge in [0.2, 0.25) is 0 Å². The Kier molecular flexibility index (Phi) is 4.78. The molecule has 8 N–H and O–H groups in total. The molecule has 6 heteroatoms. The molecule has 0 rings (SSSR count). The normalized spacial score (nSPS) is 12.1. The summed E-state index contributed by atoms with van der Waals surface area (Å²) in [4.78, 5) is 12.7. The highest BCUT2D eigenvalue weighted by molar-refractivity contribution is 5.69. The van der Waals surface area contributed by atoms with Gasteiger partial charge in [-0.25, -0.2) is 0 Å². The lowest BCUT2D eigenvalue weighted by Gasteiger charge is -2.06. The maximum Gasteiger partial charge on any atom is 0.338 e. The molecule has 0 unspecified atom stereocenters. The van der Waals surface area contributed by atoms with Gasteiger partial charge >= 0.3 is 5.96 Å². The van der Waals surface area contributed by atoms with E-state index in [0.717, 1.165) is 0 Å². The molecule has 6 nitrogen and oxygen atoms in total. The summed E-state index contributed by atoms with van der Waals surface area (Å²) in [7, 11) is 0. The molecule has 0 aromatic rings. The zero-order valence-corrected chi connectivity index (χ0v) is 6.88. The molecule has 0 saturated carbocycles. The van der Waals surface area contributed by atoms with Gasteiger partial charge in [-0.05, 0) is 0 Å². The summed E-state index contributed by atoms with van der Waals surface area (Å²) >= 11 is 0. The number of carboxylic acids is 1. The van der Waals surface area contributed by atoms with Crippen molar-refractivity contribution in [2.24, 2.45) is 11.5 Å². The molecule has 0 aromatic heterocycles. The summed E-state index contributed by atoms with van der Waals surface area (Å²) in [5.41, 5.74) is 13.9. The second kappa shape index (κ2) is 5.36. The number of carbonyl (C=O) groups excluding carboxylic acids is 1. The largest absolute Gasteiger partial charge is 0.550 e. The van der Waals surface area contributed by atoms with Crippen LogP contribution in [0.25, 0.3) is 0 Å². The van der Waals surface area contributed by atoms with Crippen LogP contribution in [-0.2, 0) is 4.79 Å². The first kappa shape index (κ1) is 10.7. The van der Waals surface area contributed by atoms with Crippen LogP contribution in [0, 0.1) is 0 Å². The summed E-state index contributed by atoms with van der Waals surface area (Å²) in [6.45, 7) is 0.532. The van der Waals surface area contributed by atoms with Gasteiger partial charge in [0, 0.05) is 18.8 Å². The smallest absolute Gasteiger partial charge is 0.338 e. The molecule has 0 fully saturated rings. The van der Waals surface area contributed by atoms with Crippen molar-refractivity contribution < 1.29 is 20.6 Å². The van der Waals surface area contributed by atoms with Gasteiger partial charge in [0.15, 0.2) is 0 Å². The van der Waals surface area contributed by atoms with E-state index in [1.807, 2.05) is 0 Å². The molecular weight excluding hydrogens is 160 g/mol. The molecule has 0 aliphatic heterocycles. The van der Waals surface area contributed by atoms with Crippen molar-refractivity contribution in [3.8, 4) is 0 Å². The van der Waals surface area contributed by atoms with Crippen LogP contribution in [0.5, 0.6) is 0 Å². The monoisotopic (exact) mass is 175 g/mol. The van der Waals surface area contributed by atoms with E-state index in [1.165, 1.54) is 0 Å². The second-order valence-electron chi connectivity index (χ2n) is 2.61. The molecule has 0 spiro atoms. The van der Waals surface area contributed by atoms with Gasteiger partial charge in [-0.2, -0.15) is 0 Å². The van der Waals surface area contributed by atoms with Crippen LogP contribution < -0.4 is 27.3 Å². The SMILES string of the molecule is NC(N)=[NH+]CC[C@H]([NH3+])CC(=O)[O-]. The van der Waals surface area contributed by atoms with Gasteiger partial charge in [0.1, 0.15) is 0 Å². The molecule has 0 radical (unpaired) electrons. The molecule has 1 atom stereocenters. The minimum atomic E-state index is -1.08. The van der Waals surface area contributed by atoms with Gasteiger partial charge in [-0.15, -0.1) is 0 Å².